The van der Waals surface area contributed by atoms with Crippen LogP contribution in [0.1, 0.15) is 22.3 Å². The molecular formula is C22H22BrNO. The summed E-state index contributed by atoms with van der Waals surface area (Å²) in [5.74, 6) is 0.861. The van der Waals surface area contributed by atoms with E-state index >= 15 is 0 Å². The Hall–Kier alpha value is -2.26. The van der Waals surface area contributed by atoms with Crippen LogP contribution < -0.4 is 10.1 Å². The lowest BCUT2D eigenvalue weighted by Crippen LogP contribution is -2.00. The average molecular weight is 396 g/mol. The highest BCUT2D eigenvalue weighted by molar-refractivity contribution is 9.10. The maximum absolute atomic E-state index is 5.93. The first-order chi connectivity index (χ1) is 12.1. The molecule has 25 heavy (non-hydrogen) atoms. The van der Waals surface area contributed by atoms with E-state index < -0.39 is 0 Å². The van der Waals surface area contributed by atoms with Crippen LogP contribution >= 0.6 is 15.9 Å². The number of anilines is 1. The molecule has 0 fully saturated rings. The zero-order chi connectivity index (χ0) is 17.6. The van der Waals surface area contributed by atoms with Crippen LogP contribution in [0.25, 0.3) is 0 Å². The Kier molecular flexibility index (Phi) is 5.77. The van der Waals surface area contributed by atoms with E-state index in [0.717, 1.165) is 22.5 Å². The Morgan fingerprint density at radius 2 is 1.40 bits per heavy atom. The largest absolute Gasteiger partial charge is 0.488 e. The molecule has 0 unspecified atom stereocenters. The van der Waals surface area contributed by atoms with Gasteiger partial charge in [0.1, 0.15) is 12.4 Å². The van der Waals surface area contributed by atoms with Crippen LogP contribution in [0.3, 0.4) is 0 Å². The number of hydrogen-bond donors (Lipinski definition) is 1. The van der Waals surface area contributed by atoms with Gasteiger partial charge in [-0.2, -0.15) is 0 Å². The molecule has 0 aliphatic rings. The van der Waals surface area contributed by atoms with Crippen molar-refractivity contribution in [3.8, 4) is 5.75 Å². The number of aryl methyl sites for hydroxylation is 2. The van der Waals surface area contributed by atoms with E-state index in [1.807, 2.05) is 6.07 Å². The monoisotopic (exact) mass is 395 g/mol. The second-order valence-corrected chi connectivity index (χ2v) is 7.11. The molecule has 128 valence electrons. The van der Waals surface area contributed by atoms with Crippen molar-refractivity contribution in [3.63, 3.8) is 0 Å². The minimum atomic E-state index is 0.569. The van der Waals surface area contributed by atoms with E-state index in [4.69, 9.17) is 4.74 Å². The molecule has 0 aliphatic carbocycles. The van der Waals surface area contributed by atoms with Gasteiger partial charge in [0.15, 0.2) is 0 Å². The van der Waals surface area contributed by atoms with E-state index in [0.29, 0.717) is 6.61 Å². The van der Waals surface area contributed by atoms with Crippen LogP contribution in [0, 0.1) is 13.8 Å². The maximum atomic E-state index is 5.93. The van der Waals surface area contributed by atoms with Crippen LogP contribution in [0.4, 0.5) is 5.69 Å². The van der Waals surface area contributed by atoms with Crippen LogP contribution in [0.5, 0.6) is 5.75 Å². The first kappa shape index (κ1) is 17.6. The topological polar surface area (TPSA) is 21.3 Å². The fourth-order valence-corrected chi connectivity index (χ4v) is 3.03. The Morgan fingerprint density at radius 3 is 2.04 bits per heavy atom. The lowest BCUT2D eigenvalue weighted by molar-refractivity contribution is 0.304. The molecule has 0 bridgehead atoms. The predicted molar refractivity (Wildman–Crippen MR) is 108 cm³/mol. The molecule has 0 saturated heterocycles. The number of nitrogens with one attached hydrogen (secondary N) is 1. The van der Waals surface area contributed by atoms with Crippen molar-refractivity contribution in [1.29, 1.82) is 0 Å². The predicted octanol–water partition coefficient (Wildman–Crippen LogP) is 6.26. The average Bonchev–Trinajstić information content (AvgIpc) is 2.62. The van der Waals surface area contributed by atoms with Gasteiger partial charge in [0.25, 0.3) is 0 Å². The van der Waals surface area contributed by atoms with Gasteiger partial charge in [-0.1, -0.05) is 53.6 Å². The van der Waals surface area contributed by atoms with E-state index in [1.54, 1.807) is 0 Å². The van der Waals surface area contributed by atoms with Crippen molar-refractivity contribution in [2.24, 2.45) is 0 Å². The highest BCUT2D eigenvalue weighted by atomic mass is 79.9. The summed E-state index contributed by atoms with van der Waals surface area (Å²) in [4.78, 5) is 0. The summed E-state index contributed by atoms with van der Waals surface area (Å²) in [5.41, 5.74) is 6.03. The fourth-order valence-electron chi connectivity index (χ4n) is 2.49. The highest BCUT2D eigenvalue weighted by Gasteiger charge is 2.04. The van der Waals surface area contributed by atoms with Crippen molar-refractivity contribution in [2.45, 2.75) is 27.0 Å². The second-order valence-electron chi connectivity index (χ2n) is 6.26. The molecule has 0 atom stereocenters. The lowest BCUT2D eigenvalue weighted by Gasteiger charge is -2.11. The summed E-state index contributed by atoms with van der Waals surface area (Å²) >= 11 is 3.62. The Bertz CT molecular complexity index is 826. The summed E-state index contributed by atoms with van der Waals surface area (Å²) < 4.78 is 6.90. The summed E-state index contributed by atoms with van der Waals surface area (Å²) in [7, 11) is 0. The van der Waals surface area contributed by atoms with Gasteiger partial charge in [-0.3, -0.25) is 0 Å². The molecule has 0 radical (unpaired) electrons. The first-order valence-electron chi connectivity index (χ1n) is 8.37. The number of hydrogen-bond acceptors (Lipinski definition) is 2. The van der Waals surface area contributed by atoms with Crippen molar-refractivity contribution >= 4 is 21.6 Å². The van der Waals surface area contributed by atoms with Gasteiger partial charge in [-0.05, 0) is 65.2 Å². The third-order valence-corrected chi connectivity index (χ3v) is 4.68. The van der Waals surface area contributed by atoms with Crippen molar-refractivity contribution in [3.05, 3.63) is 93.5 Å². The normalized spacial score (nSPS) is 10.5. The molecule has 3 aromatic rings. The summed E-state index contributed by atoms with van der Waals surface area (Å²) in [6.45, 7) is 5.53. The lowest BCUT2D eigenvalue weighted by atomic mass is 10.1. The van der Waals surface area contributed by atoms with Gasteiger partial charge >= 0.3 is 0 Å². The number of halogens is 1. The van der Waals surface area contributed by atoms with Gasteiger partial charge in [0.2, 0.25) is 0 Å². The van der Waals surface area contributed by atoms with E-state index in [-0.39, 0.29) is 0 Å². The van der Waals surface area contributed by atoms with Gasteiger partial charge < -0.3 is 10.1 Å². The van der Waals surface area contributed by atoms with Gasteiger partial charge in [-0.15, -0.1) is 0 Å². The number of benzene rings is 3. The second kappa shape index (κ2) is 8.21. The van der Waals surface area contributed by atoms with E-state index in [1.165, 1.54) is 22.3 Å². The van der Waals surface area contributed by atoms with Crippen molar-refractivity contribution in [2.75, 3.05) is 5.32 Å². The summed E-state index contributed by atoms with van der Waals surface area (Å²) in [5, 5.41) is 3.44. The zero-order valence-electron chi connectivity index (χ0n) is 14.6. The molecule has 2 nitrogen and oxygen atoms in total. The third-order valence-electron chi connectivity index (χ3n) is 4.06. The molecule has 3 heteroatoms. The van der Waals surface area contributed by atoms with Crippen molar-refractivity contribution < 1.29 is 4.74 Å². The fraction of sp³-hybridized carbons (Fsp3) is 0.182. The Morgan fingerprint density at radius 1 is 0.800 bits per heavy atom. The molecular weight excluding hydrogens is 374 g/mol. The maximum Gasteiger partial charge on any atom is 0.134 e. The molecule has 1 N–H and O–H groups in total. The quantitative estimate of drug-likeness (QED) is 0.531. The van der Waals surface area contributed by atoms with Gasteiger partial charge in [-0.25, -0.2) is 0 Å². The number of rotatable bonds is 6. The van der Waals surface area contributed by atoms with Crippen LogP contribution in [-0.4, -0.2) is 0 Å². The third kappa shape index (κ3) is 5.10. The molecule has 0 amide bonds. The molecule has 0 saturated carbocycles. The van der Waals surface area contributed by atoms with Gasteiger partial charge in [0.05, 0.1) is 4.47 Å². The smallest absolute Gasteiger partial charge is 0.134 e. The van der Waals surface area contributed by atoms with E-state index in [9.17, 15) is 0 Å². The molecule has 3 rings (SSSR count). The standard InChI is InChI=1S/C22H22BrNO/c1-16-3-7-18(8-4-16)15-25-22-12-9-19(13-21(22)23)14-24-20-10-5-17(2)6-11-20/h3-13,24H,14-15H2,1-2H3. The molecule has 0 spiro atoms. The zero-order valence-corrected chi connectivity index (χ0v) is 16.1. The summed E-state index contributed by atoms with van der Waals surface area (Å²) in [6, 6.07) is 23.0. The SMILES string of the molecule is Cc1ccc(COc2ccc(CNc3ccc(C)cc3)cc2Br)cc1. The van der Waals surface area contributed by atoms with Crippen LogP contribution in [-0.2, 0) is 13.2 Å². The Labute approximate surface area is 158 Å². The number of ether oxygens (including phenoxy) is 1. The molecule has 0 aromatic heterocycles. The van der Waals surface area contributed by atoms with Crippen LogP contribution in [0.15, 0.2) is 71.2 Å². The van der Waals surface area contributed by atoms with Crippen molar-refractivity contribution in [1.82, 2.24) is 0 Å². The molecule has 0 heterocycles. The highest BCUT2D eigenvalue weighted by Crippen LogP contribution is 2.27. The molecule has 3 aromatic carbocycles. The minimum absolute atomic E-state index is 0.569. The van der Waals surface area contributed by atoms with Gasteiger partial charge in [0, 0.05) is 12.2 Å². The first-order valence-corrected chi connectivity index (χ1v) is 9.17. The van der Waals surface area contributed by atoms with E-state index in [2.05, 4.69) is 95.8 Å². The molecule has 0 aliphatic heterocycles. The Balaban J connectivity index is 1.58. The minimum Gasteiger partial charge on any atom is -0.488 e. The van der Waals surface area contributed by atoms with Crippen LogP contribution in [0.2, 0.25) is 0 Å². The summed E-state index contributed by atoms with van der Waals surface area (Å²) in [6.07, 6.45) is 0.